The lowest BCUT2D eigenvalue weighted by Gasteiger charge is -2.07. The van der Waals surface area contributed by atoms with Crippen LogP contribution in [0.1, 0.15) is 28.6 Å². The topological polar surface area (TPSA) is 104 Å². The molecule has 2 aromatic carbocycles. The minimum Gasteiger partial charge on any atom is -0.494 e. The summed E-state index contributed by atoms with van der Waals surface area (Å²) >= 11 is 1.99. The van der Waals surface area contributed by atoms with E-state index >= 15 is 0 Å². The SMILES string of the molecule is CCCOc1ccc(-c2nc(NC(=O)c3ccc([N+](=O)[O-])s3)sc2Oc2cccc(C)c2)cc1. The van der Waals surface area contributed by atoms with Crippen LogP contribution in [0.25, 0.3) is 11.3 Å². The fourth-order valence-electron chi connectivity index (χ4n) is 3.03. The molecule has 174 valence electrons. The highest BCUT2D eigenvalue weighted by Gasteiger charge is 2.20. The summed E-state index contributed by atoms with van der Waals surface area (Å²) in [6, 6.07) is 17.9. The maximum absolute atomic E-state index is 12.6. The Labute approximate surface area is 204 Å². The number of rotatable bonds is 9. The van der Waals surface area contributed by atoms with Crippen LogP contribution in [0.5, 0.6) is 16.6 Å². The van der Waals surface area contributed by atoms with Crippen molar-refractivity contribution in [3.05, 3.63) is 81.2 Å². The van der Waals surface area contributed by atoms with Gasteiger partial charge in [-0.1, -0.05) is 41.7 Å². The Morgan fingerprint density at radius 2 is 1.88 bits per heavy atom. The molecule has 1 amide bonds. The largest absolute Gasteiger partial charge is 0.494 e. The van der Waals surface area contributed by atoms with E-state index in [-0.39, 0.29) is 9.88 Å². The normalized spacial score (nSPS) is 10.6. The summed E-state index contributed by atoms with van der Waals surface area (Å²) in [4.78, 5) is 27.9. The quantitative estimate of drug-likeness (QED) is 0.200. The van der Waals surface area contributed by atoms with Gasteiger partial charge in [-0.2, -0.15) is 0 Å². The summed E-state index contributed by atoms with van der Waals surface area (Å²) in [5.74, 6) is 0.943. The first-order chi connectivity index (χ1) is 16.4. The molecule has 1 N–H and O–H groups in total. The Balaban J connectivity index is 1.63. The number of nitro groups is 1. The molecule has 8 nitrogen and oxygen atoms in total. The lowest BCUT2D eigenvalue weighted by Crippen LogP contribution is -2.09. The molecule has 0 atom stereocenters. The van der Waals surface area contributed by atoms with Crippen LogP contribution >= 0.6 is 22.7 Å². The van der Waals surface area contributed by atoms with Crippen molar-refractivity contribution in [3.63, 3.8) is 0 Å². The summed E-state index contributed by atoms with van der Waals surface area (Å²) in [5, 5.41) is 14.4. The van der Waals surface area contributed by atoms with Crippen molar-refractivity contribution >= 4 is 38.7 Å². The first kappa shape index (κ1) is 23.4. The van der Waals surface area contributed by atoms with E-state index in [9.17, 15) is 14.9 Å². The van der Waals surface area contributed by atoms with Gasteiger partial charge in [-0.25, -0.2) is 4.98 Å². The average molecular weight is 496 g/mol. The highest BCUT2D eigenvalue weighted by atomic mass is 32.1. The van der Waals surface area contributed by atoms with Crippen LogP contribution in [0.15, 0.2) is 60.7 Å². The molecule has 4 rings (SSSR count). The minimum atomic E-state index is -0.523. The van der Waals surface area contributed by atoms with Gasteiger partial charge in [-0.15, -0.1) is 0 Å². The van der Waals surface area contributed by atoms with E-state index in [1.807, 2.05) is 62.4 Å². The van der Waals surface area contributed by atoms with Crippen LogP contribution < -0.4 is 14.8 Å². The van der Waals surface area contributed by atoms with Crippen molar-refractivity contribution in [1.82, 2.24) is 4.98 Å². The molecule has 2 aromatic heterocycles. The number of aromatic nitrogens is 1. The third kappa shape index (κ3) is 5.59. The first-order valence-electron chi connectivity index (χ1n) is 10.5. The number of aryl methyl sites for hydroxylation is 1. The number of hydrogen-bond acceptors (Lipinski definition) is 8. The van der Waals surface area contributed by atoms with Crippen molar-refractivity contribution in [3.8, 4) is 27.8 Å². The van der Waals surface area contributed by atoms with Crippen molar-refractivity contribution in [1.29, 1.82) is 0 Å². The summed E-state index contributed by atoms with van der Waals surface area (Å²) in [6.07, 6.45) is 0.915. The molecule has 0 spiro atoms. The predicted molar refractivity (Wildman–Crippen MR) is 134 cm³/mol. The van der Waals surface area contributed by atoms with E-state index in [2.05, 4.69) is 10.3 Å². The lowest BCUT2D eigenvalue weighted by molar-refractivity contribution is -0.380. The fraction of sp³-hybridized carbons (Fsp3) is 0.167. The third-order valence-corrected chi connectivity index (χ3v) is 6.50. The van der Waals surface area contributed by atoms with Gasteiger partial charge in [0, 0.05) is 11.6 Å². The van der Waals surface area contributed by atoms with E-state index in [4.69, 9.17) is 9.47 Å². The number of benzene rings is 2. The molecule has 0 radical (unpaired) electrons. The van der Waals surface area contributed by atoms with E-state index in [1.54, 1.807) is 0 Å². The Bertz CT molecular complexity index is 1310. The molecule has 2 heterocycles. The molecule has 0 saturated carbocycles. The maximum Gasteiger partial charge on any atom is 0.324 e. The molecular formula is C24H21N3O5S2. The number of carbonyl (C=O) groups is 1. The Hall–Kier alpha value is -3.76. The molecular weight excluding hydrogens is 474 g/mol. The van der Waals surface area contributed by atoms with E-state index in [1.165, 1.54) is 23.5 Å². The molecule has 0 aliphatic rings. The Kier molecular flexibility index (Phi) is 7.19. The van der Waals surface area contributed by atoms with Gasteiger partial charge in [0.15, 0.2) is 5.13 Å². The van der Waals surface area contributed by atoms with Crippen molar-refractivity contribution in [2.75, 3.05) is 11.9 Å². The summed E-state index contributed by atoms with van der Waals surface area (Å²) in [6.45, 7) is 4.65. The second kappa shape index (κ2) is 10.4. The predicted octanol–water partition coefficient (Wildman–Crippen LogP) is 6.92. The minimum absolute atomic E-state index is 0.0983. The number of carbonyl (C=O) groups excluding carboxylic acids is 1. The van der Waals surface area contributed by atoms with Crippen molar-refractivity contribution < 1.29 is 19.2 Å². The number of thiophene rings is 1. The van der Waals surface area contributed by atoms with Gasteiger partial charge < -0.3 is 9.47 Å². The number of thiazole rings is 1. The van der Waals surface area contributed by atoms with Crippen molar-refractivity contribution in [2.45, 2.75) is 20.3 Å². The van der Waals surface area contributed by atoms with Gasteiger partial charge in [0.05, 0.1) is 16.4 Å². The second-order valence-electron chi connectivity index (χ2n) is 7.30. The number of nitrogens with zero attached hydrogens (tertiary/aromatic N) is 2. The highest BCUT2D eigenvalue weighted by molar-refractivity contribution is 7.19. The number of anilines is 1. The zero-order chi connectivity index (χ0) is 24.1. The standard InChI is InChI=1S/C24H21N3O5S2/c1-3-13-31-17-9-7-16(8-10-17)21-23(32-18-6-4-5-15(2)14-18)34-24(25-21)26-22(28)19-11-12-20(33-19)27(29)30/h4-12,14H,3,13H2,1-2H3,(H,25,26,28). The number of nitrogens with one attached hydrogen (secondary N) is 1. The van der Waals surface area contributed by atoms with Crippen LogP contribution in [-0.2, 0) is 0 Å². The summed E-state index contributed by atoms with van der Waals surface area (Å²) in [5.41, 5.74) is 2.42. The van der Waals surface area contributed by atoms with E-state index in [0.717, 1.165) is 34.6 Å². The number of hydrogen-bond donors (Lipinski definition) is 1. The highest BCUT2D eigenvalue weighted by Crippen LogP contribution is 2.41. The molecule has 0 saturated heterocycles. The van der Waals surface area contributed by atoms with Crippen LogP contribution in [0.4, 0.5) is 10.1 Å². The molecule has 4 aromatic rings. The maximum atomic E-state index is 12.6. The van der Waals surface area contributed by atoms with Gasteiger partial charge in [0.1, 0.15) is 17.2 Å². The van der Waals surface area contributed by atoms with E-state index in [0.29, 0.717) is 28.2 Å². The lowest BCUT2D eigenvalue weighted by atomic mass is 10.1. The third-order valence-electron chi connectivity index (χ3n) is 4.61. The first-order valence-corrected chi connectivity index (χ1v) is 12.1. The fourth-order valence-corrected chi connectivity index (χ4v) is 4.60. The Morgan fingerprint density at radius 1 is 1.09 bits per heavy atom. The second-order valence-corrected chi connectivity index (χ2v) is 9.32. The molecule has 34 heavy (non-hydrogen) atoms. The summed E-state index contributed by atoms with van der Waals surface area (Å²) < 4.78 is 11.8. The van der Waals surface area contributed by atoms with Crippen LogP contribution in [0.3, 0.4) is 0 Å². The number of amides is 1. The monoisotopic (exact) mass is 495 g/mol. The number of ether oxygens (including phenoxy) is 2. The van der Waals surface area contributed by atoms with Gasteiger partial charge in [-0.3, -0.25) is 20.2 Å². The smallest absolute Gasteiger partial charge is 0.324 e. The van der Waals surface area contributed by atoms with Gasteiger partial charge in [-0.05, 0) is 61.4 Å². The van der Waals surface area contributed by atoms with E-state index < -0.39 is 10.8 Å². The zero-order valence-electron chi connectivity index (χ0n) is 18.4. The summed E-state index contributed by atoms with van der Waals surface area (Å²) in [7, 11) is 0. The van der Waals surface area contributed by atoms with Crippen LogP contribution in [0, 0.1) is 17.0 Å². The zero-order valence-corrected chi connectivity index (χ0v) is 20.1. The molecule has 0 fully saturated rings. The molecule has 0 aliphatic heterocycles. The molecule has 0 aliphatic carbocycles. The van der Waals surface area contributed by atoms with Gasteiger partial charge >= 0.3 is 5.00 Å². The molecule has 0 unspecified atom stereocenters. The molecule has 10 heteroatoms. The van der Waals surface area contributed by atoms with Crippen LogP contribution in [0.2, 0.25) is 0 Å². The van der Waals surface area contributed by atoms with Crippen LogP contribution in [-0.4, -0.2) is 22.4 Å². The van der Waals surface area contributed by atoms with Gasteiger partial charge in [0.25, 0.3) is 5.91 Å². The molecule has 0 bridgehead atoms. The average Bonchev–Trinajstić information content (AvgIpc) is 3.46. The van der Waals surface area contributed by atoms with Crippen molar-refractivity contribution in [2.24, 2.45) is 0 Å². The Morgan fingerprint density at radius 3 is 2.56 bits per heavy atom. The van der Waals surface area contributed by atoms with Gasteiger partial charge in [0.2, 0.25) is 5.06 Å².